The van der Waals surface area contributed by atoms with E-state index >= 15 is 0 Å². The number of nitrogens with zero attached hydrogens (tertiary/aromatic N) is 3. The quantitative estimate of drug-likeness (QED) is 0.312. The van der Waals surface area contributed by atoms with Crippen molar-refractivity contribution >= 4 is 28.4 Å². The van der Waals surface area contributed by atoms with Crippen LogP contribution in [0.15, 0.2) is 97.8 Å². The molecule has 2 aromatic heterocycles. The van der Waals surface area contributed by atoms with Crippen molar-refractivity contribution in [2.45, 2.75) is 0 Å². The molecule has 0 saturated heterocycles. The molecule has 0 aliphatic rings. The third-order valence-corrected chi connectivity index (χ3v) is 5.73. The summed E-state index contributed by atoms with van der Waals surface area (Å²) in [7, 11) is 1.95. The second-order valence-corrected chi connectivity index (χ2v) is 7.95. The van der Waals surface area contributed by atoms with E-state index < -0.39 is 0 Å². The number of carbonyl (C=O) groups is 1. The van der Waals surface area contributed by atoms with Crippen molar-refractivity contribution in [2.24, 2.45) is 7.05 Å². The molecule has 1 amide bonds. The summed E-state index contributed by atoms with van der Waals surface area (Å²) in [5, 5.41) is 3.56. The van der Waals surface area contributed by atoms with E-state index in [0.717, 1.165) is 44.9 Å². The van der Waals surface area contributed by atoms with Crippen LogP contribution in [0, 0.1) is 0 Å². The summed E-state index contributed by atoms with van der Waals surface area (Å²) >= 11 is 0. The van der Waals surface area contributed by atoms with Crippen LogP contribution in [-0.2, 0) is 11.8 Å². The molecule has 0 radical (unpaired) electrons. The van der Waals surface area contributed by atoms with Crippen LogP contribution in [0.3, 0.4) is 0 Å². The maximum Gasteiger partial charge on any atom is 0.247 e. The Hall–Kier alpha value is -4.91. The SMILES string of the molecule is C=CC(=O)Nc1ccc(-c2c(-c3ccc(Oc4ccccc4)cc3)c3c(N)ncnc3n2C)cc1. The van der Waals surface area contributed by atoms with Crippen LogP contribution < -0.4 is 15.8 Å². The van der Waals surface area contributed by atoms with Gasteiger partial charge in [0.25, 0.3) is 0 Å². The second kappa shape index (κ2) is 9.15. The summed E-state index contributed by atoms with van der Waals surface area (Å²) in [6, 6.07) is 25.1. The molecule has 7 heteroatoms. The number of nitrogens with one attached hydrogen (secondary N) is 1. The fourth-order valence-corrected chi connectivity index (χ4v) is 4.11. The van der Waals surface area contributed by atoms with Crippen LogP contribution in [-0.4, -0.2) is 20.4 Å². The molecular formula is C28H23N5O2. The number of ether oxygens (including phenoxy) is 1. The molecular weight excluding hydrogens is 438 g/mol. The normalized spacial score (nSPS) is 10.8. The zero-order valence-corrected chi connectivity index (χ0v) is 19.1. The van der Waals surface area contributed by atoms with Gasteiger partial charge in [0.2, 0.25) is 5.91 Å². The zero-order chi connectivity index (χ0) is 24.4. The van der Waals surface area contributed by atoms with Gasteiger partial charge in [0, 0.05) is 18.3 Å². The molecule has 7 nitrogen and oxygen atoms in total. The summed E-state index contributed by atoms with van der Waals surface area (Å²) in [4.78, 5) is 20.4. The molecule has 0 aliphatic carbocycles. The molecule has 2 heterocycles. The first-order valence-electron chi connectivity index (χ1n) is 11.0. The second-order valence-electron chi connectivity index (χ2n) is 7.95. The number of nitrogen functional groups attached to an aromatic ring is 1. The molecule has 172 valence electrons. The Labute approximate surface area is 202 Å². The number of aromatic nitrogens is 3. The lowest BCUT2D eigenvalue weighted by Crippen LogP contribution is -2.06. The van der Waals surface area contributed by atoms with Gasteiger partial charge in [-0.2, -0.15) is 0 Å². The summed E-state index contributed by atoms with van der Waals surface area (Å²) in [5.41, 5.74) is 11.5. The van der Waals surface area contributed by atoms with Crippen LogP contribution in [0.4, 0.5) is 11.5 Å². The van der Waals surface area contributed by atoms with Crippen LogP contribution in [0.5, 0.6) is 11.5 Å². The Kier molecular flexibility index (Phi) is 5.73. The molecule has 0 bridgehead atoms. The molecule has 5 aromatic rings. The van der Waals surface area contributed by atoms with E-state index in [-0.39, 0.29) is 5.91 Å². The Bertz CT molecular complexity index is 1520. The van der Waals surface area contributed by atoms with Gasteiger partial charge in [-0.05, 0) is 53.6 Å². The summed E-state index contributed by atoms with van der Waals surface area (Å²) in [6.45, 7) is 3.49. The van der Waals surface area contributed by atoms with Gasteiger partial charge in [-0.25, -0.2) is 9.97 Å². The minimum atomic E-state index is -0.260. The fourth-order valence-electron chi connectivity index (χ4n) is 4.11. The number of fused-ring (bicyclic) bond motifs is 1. The van der Waals surface area contributed by atoms with Gasteiger partial charge in [-0.15, -0.1) is 0 Å². The zero-order valence-electron chi connectivity index (χ0n) is 19.1. The molecule has 0 spiro atoms. The smallest absolute Gasteiger partial charge is 0.247 e. The van der Waals surface area contributed by atoms with Gasteiger partial charge in [0.15, 0.2) is 0 Å². The highest BCUT2D eigenvalue weighted by Crippen LogP contribution is 2.42. The van der Waals surface area contributed by atoms with E-state index in [1.54, 1.807) is 0 Å². The van der Waals surface area contributed by atoms with Crippen molar-refractivity contribution in [3.05, 3.63) is 97.8 Å². The number of benzene rings is 3. The maximum absolute atomic E-state index is 11.7. The van der Waals surface area contributed by atoms with Gasteiger partial charge in [0.05, 0.1) is 11.1 Å². The Morgan fingerprint density at radius 3 is 2.29 bits per heavy atom. The van der Waals surface area contributed by atoms with Gasteiger partial charge in [-0.3, -0.25) is 4.79 Å². The maximum atomic E-state index is 11.7. The molecule has 0 saturated carbocycles. The highest BCUT2D eigenvalue weighted by atomic mass is 16.5. The molecule has 3 N–H and O–H groups in total. The van der Waals surface area contributed by atoms with Crippen molar-refractivity contribution in [1.82, 2.24) is 14.5 Å². The minimum absolute atomic E-state index is 0.260. The predicted molar refractivity (Wildman–Crippen MR) is 139 cm³/mol. The van der Waals surface area contributed by atoms with E-state index in [9.17, 15) is 4.79 Å². The van der Waals surface area contributed by atoms with Crippen molar-refractivity contribution in [3.63, 3.8) is 0 Å². The van der Waals surface area contributed by atoms with Crippen LogP contribution >= 0.6 is 0 Å². The number of aryl methyl sites for hydroxylation is 1. The van der Waals surface area contributed by atoms with E-state index in [4.69, 9.17) is 10.5 Å². The summed E-state index contributed by atoms with van der Waals surface area (Å²) < 4.78 is 7.97. The molecule has 0 atom stereocenters. The monoisotopic (exact) mass is 461 g/mol. The molecule has 0 aliphatic heterocycles. The third kappa shape index (κ3) is 4.22. The number of rotatable bonds is 6. The molecule has 0 fully saturated rings. The average molecular weight is 462 g/mol. The first-order valence-corrected chi connectivity index (χ1v) is 11.0. The van der Waals surface area contributed by atoms with Crippen molar-refractivity contribution in [3.8, 4) is 33.9 Å². The van der Waals surface area contributed by atoms with E-state index in [1.807, 2.05) is 90.5 Å². The lowest BCUT2D eigenvalue weighted by molar-refractivity contribution is -0.111. The average Bonchev–Trinajstić information content (AvgIpc) is 3.19. The molecule has 0 unspecified atom stereocenters. The van der Waals surface area contributed by atoms with Gasteiger partial charge < -0.3 is 20.4 Å². The number of carbonyl (C=O) groups excluding carboxylic acids is 1. The Morgan fingerprint density at radius 1 is 0.943 bits per heavy atom. The van der Waals surface area contributed by atoms with Crippen molar-refractivity contribution < 1.29 is 9.53 Å². The standard InChI is InChI=1S/C28H23N5O2/c1-3-23(34)32-20-13-9-19(10-14-20)26-24(25-27(29)30-17-31-28(25)33(26)2)18-11-15-22(16-12-18)35-21-7-5-4-6-8-21/h3-17H,1H2,2H3,(H,32,34)(H2,29,30,31). The Balaban J connectivity index is 1.60. The van der Waals surface area contributed by atoms with Crippen LogP contribution in [0.1, 0.15) is 0 Å². The first-order chi connectivity index (χ1) is 17.0. The summed E-state index contributed by atoms with van der Waals surface area (Å²) in [6.07, 6.45) is 2.71. The number of hydrogen-bond acceptors (Lipinski definition) is 5. The lowest BCUT2D eigenvalue weighted by Gasteiger charge is -2.11. The van der Waals surface area contributed by atoms with Crippen molar-refractivity contribution in [2.75, 3.05) is 11.1 Å². The lowest BCUT2D eigenvalue weighted by atomic mass is 9.98. The fraction of sp³-hybridized carbons (Fsp3) is 0.0357. The van der Waals surface area contributed by atoms with Crippen LogP contribution in [0.2, 0.25) is 0 Å². The van der Waals surface area contributed by atoms with Gasteiger partial charge >= 0.3 is 0 Å². The highest BCUT2D eigenvalue weighted by Gasteiger charge is 2.21. The van der Waals surface area contributed by atoms with Crippen LogP contribution in [0.25, 0.3) is 33.4 Å². The van der Waals surface area contributed by atoms with E-state index in [0.29, 0.717) is 11.5 Å². The largest absolute Gasteiger partial charge is 0.457 e. The van der Waals surface area contributed by atoms with Gasteiger partial charge in [0.1, 0.15) is 29.3 Å². The number of anilines is 2. The molecule has 3 aromatic carbocycles. The molecule has 5 rings (SSSR count). The number of para-hydroxylation sites is 1. The van der Waals surface area contributed by atoms with Gasteiger partial charge in [-0.1, -0.05) is 49.0 Å². The third-order valence-electron chi connectivity index (χ3n) is 5.73. The minimum Gasteiger partial charge on any atom is -0.457 e. The first kappa shape index (κ1) is 21.9. The number of hydrogen-bond donors (Lipinski definition) is 2. The van der Waals surface area contributed by atoms with Crippen molar-refractivity contribution in [1.29, 1.82) is 0 Å². The number of nitrogens with two attached hydrogens (primary N) is 1. The van der Waals surface area contributed by atoms with E-state index in [1.165, 1.54) is 12.4 Å². The number of amides is 1. The Morgan fingerprint density at radius 2 is 1.60 bits per heavy atom. The van der Waals surface area contributed by atoms with E-state index in [2.05, 4.69) is 21.9 Å². The highest BCUT2D eigenvalue weighted by molar-refractivity contribution is 6.08. The topological polar surface area (TPSA) is 95.1 Å². The predicted octanol–water partition coefficient (Wildman–Crippen LogP) is 5.80. The molecule has 35 heavy (non-hydrogen) atoms. The summed E-state index contributed by atoms with van der Waals surface area (Å²) in [5.74, 6) is 1.65.